The summed E-state index contributed by atoms with van der Waals surface area (Å²) in [7, 11) is 0. The first-order chi connectivity index (χ1) is 19.6. The number of carbonyl (C=O) groups is 1. The molecule has 0 aliphatic carbocycles. The highest BCUT2D eigenvalue weighted by molar-refractivity contribution is 5.73. The summed E-state index contributed by atoms with van der Waals surface area (Å²) in [5.41, 5.74) is 9.43. The molecule has 41 heavy (non-hydrogen) atoms. The van der Waals surface area contributed by atoms with Crippen LogP contribution in [0.5, 0.6) is 0 Å². The number of nitrogens with zero attached hydrogens (tertiary/aromatic N) is 5. The fourth-order valence-electron chi connectivity index (χ4n) is 5.45. The Balaban J connectivity index is 1.43. The van der Waals surface area contributed by atoms with Gasteiger partial charge in [0.15, 0.2) is 0 Å². The fraction of sp³-hybridized carbons (Fsp3) is 0.400. The van der Waals surface area contributed by atoms with Crippen molar-refractivity contribution in [3.8, 4) is 11.3 Å². The number of amides is 1. The first-order valence-corrected chi connectivity index (χ1v) is 13.7. The van der Waals surface area contributed by atoms with E-state index < -0.39 is 11.6 Å². The number of halogens is 2. The molecule has 1 aliphatic rings. The predicted molar refractivity (Wildman–Crippen MR) is 152 cm³/mol. The fourth-order valence-corrected chi connectivity index (χ4v) is 5.45. The maximum absolute atomic E-state index is 15.1. The highest BCUT2D eigenvalue weighted by atomic mass is 19.1. The Morgan fingerprint density at radius 3 is 2.61 bits per heavy atom. The van der Waals surface area contributed by atoms with Gasteiger partial charge in [-0.15, -0.1) is 0 Å². The van der Waals surface area contributed by atoms with Crippen molar-refractivity contribution in [3.63, 3.8) is 0 Å². The largest absolute Gasteiger partial charge is 0.374 e. The number of ether oxygens (including phenoxy) is 1. The van der Waals surface area contributed by atoms with E-state index in [9.17, 15) is 4.79 Å². The Morgan fingerprint density at radius 2 is 1.93 bits per heavy atom. The van der Waals surface area contributed by atoms with E-state index in [4.69, 9.17) is 10.5 Å². The molecule has 216 valence electrons. The molecule has 1 aromatic carbocycles. The molecule has 3 atom stereocenters. The molecule has 11 heteroatoms. The monoisotopic (exact) mass is 563 g/mol. The second-order valence-corrected chi connectivity index (χ2v) is 11.0. The number of rotatable bonds is 8. The van der Waals surface area contributed by atoms with Gasteiger partial charge >= 0.3 is 0 Å². The van der Waals surface area contributed by atoms with Crippen molar-refractivity contribution >= 4 is 17.1 Å². The molecule has 1 saturated heterocycles. The summed E-state index contributed by atoms with van der Waals surface area (Å²) >= 11 is 0. The van der Waals surface area contributed by atoms with Gasteiger partial charge in [-0.05, 0) is 55.7 Å². The summed E-state index contributed by atoms with van der Waals surface area (Å²) in [6.45, 7) is 8.69. The van der Waals surface area contributed by atoms with Crippen molar-refractivity contribution < 1.29 is 18.3 Å². The summed E-state index contributed by atoms with van der Waals surface area (Å²) in [5.74, 6) is -0.769. The van der Waals surface area contributed by atoms with Gasteiger partial charge in [0.2, 0.25) is 5.91 Å². The molecule has 5 rings (SSSR count). The minimum atomic E-state index is -0.705. The van der Waals surface area contributed by atoms with E-state index in [0.717, 1.165) is 11.3 Å². The number of hydrogen-bond donors (Lipinski definition) is 2. The molecule has 1 aliphatic heterocycles. The Morgan fingerprint density at radius 1 is 1.17 bits per heavy atom. The Labute approximate surface area is 237 Å². The number of imidazole rings is 1. The van der Waals surface area contributed by atoms with Crippen LogP contribution in [0.15, 0.2) is 48.9 Å². The van der Waals surface area contributed by atoms with Crippen LogP contribution in [0.4, 0.5) is 14.5 Å². The summed E-state index contributed by atoms with van der Waals surface area (Å²) in [6.07, 6.45) is 5.53. The molecule has 1 amide bonds. The van der Waals surface area contributed by atoms with Gasteiger partial charge < -0.3 is 20.7 Å². The molecule has 0 radical (unpaired) electrons. The lowest BCUT2D eigenvalue weighted by Crippen LogP contribution is -2.61. The lowest BCUT2D eigenvalue weighted by atomic mass is 9.89. The smallest absolute Gasteiger partial charge is 0.217 e. The molecule has 0 saturated carbocycles. The minimum Gasteiger partial charge on any atom is -0.374 e. The van der Waals surface area contributed by atoms with Gasteiger partial charge in [-0.3, -0.25) is 9.78 Å². The third-order valence-corrected chi connectivity index (χ3v) is 7.35. The number of nitrogens with one attached hydrogen (secondary N) is 1. The summed E-state index contributed by atoms with van der Waals surface area (Å²) in [6, 6.07) is 7.49. The van der Waals surface area contributed by atoms with E-state index in [1.165, 1.54) is 19.1 Å². The molecule has 4 aromatic rings. The van der Waals surface area contributed by atoms with Crippen LogP contribution in [0.25, 0.3) is 16.8 Å². The van der Waals surface area contributed by atoms with Crippen molar-refractivity contribution in [2.75, 3.05) is 18.0 Å². The van der Waals surface area contributed by atoms with Gasteiger partial charge in [0, 0.05) is 62.2 Å². The van der Waals surface area contributed by atoms with Crippen molar-refractivity contribution in [2.24, 2.45) is 11.7 Å². The standard InChI is InChI=1S/C30H35F2N7O2/c1-17(2)41-16-20-9-23(31)29(24(32)10-20)26-6-5-22-13-35-28(39(22)37-26)11-21-12-34-8-7-27(21)38-14-18(3)30(25(33)15-38)36-19(4)40/h5-10,12-13,17-18,25,30H,11,14-16,33H2,1-4H3,(H,36,40)/t18-,25+,30-/m0/s1. The summed E-state index contributed by atoms with van der Waals surface area (Å²) < 4.78 is 37.3. The predicted octanol–water partition coefficient (Wildman–Crippen LogP) is 3.87. The zero-order valence-electron chi connectivity index (χ0n) is 23.6. The number of fused-ring (bicyclic) bond motifs is 1. The zero-order valence-corrected chi connectivity index (χ0v) is 23.6. The van der Waals surface area contributed by atoms with Crippen molar-refractivity contribution in [2.45, 2.75) is 58.9 Å². The quantitative estimate of drug-likeness (QED) is 0.335. The number of aromatic nitrogens is 4. The summed E-state index contributed by atoms with van der Waals surface area (Å²) in [5, 5.41) is 7.56. The van der Waals surface area contributed by atoms with E-state index in [0.29, 0.717) is 36.4 Å². The molecule has 9 nitrogen and oxygen atoms in total. The van der Waals surface area contributed by atoms with Crippen LogP contribution in [0.3, 0.4) is 0 Å². The minimum absolute atomic E-state index is 0.0550. The topological polar surface area (TPSA) is 111 Å². The molecule has 0 unspecified atom stereocenters. The number of benzene rings is 1. The summed E-state index contributed by atoms with van der Waals surface area (Å²) in [4.78, 5) is 22.8. The maximum atomic E-state index is 15.1. The van der Waals surface area contributed by atoms with E-state index in [1.807, 2.05) is 19.9 Å². The van der Waals surface area contributed by atoms with E-state index in [2.05, 4.69) is 32.2 Å². The average molecular weight is 564 g/mol. The number of nitrogens with two attached hydrogens (primary N) is 1. The Bertz CT molecular complexity index is 1520. The van der Waals surface area contributed by atoms with Crippen LogP contribution < -0.4 is 16.0 Å². The van der Waals surface area contributed by atoms with Gasteiger partial charge in [0.25, 0.3) is 0 Å². The molecule has 0 bridgehead atoms. The first kappa shape index (κ1) is 28.6. The SMILES string of the molecule is CC(=O)N[C@@H]1[C@H](N)CN(c2ccncc2Cc2ncc3ccc(-c4c(F)cc(COC(C)C)cc4F)nn23)C[C@@H]1C. The van der Waals surface area contributed by atoms with Gasteiger partial charge in [-0.25, -0.2) is 18.3 Å². The van der Waals surface area contributed by atoms with Crippen LogP contribution in [0.2, 0.25) is 0 Å². The Kier molecular flexibility index (Phi) is 8.27. The lowest BCUT2D eigenvalue weighted by molar-refractivity contribution is -0.120. The molecule has 4 heterocycles. The van der Waals surface area contributed by atoms with Crippen molar-refractivity contribution in [1.29, 1.82) is 0 Å². The first-order valence-electron chi connectivity index (χ1n) is 13.7. The third-order valence-electron chi connectivity index (χ3n) is 7.35. The van der Waals surface area contributed by atoms with E-state index in [1.54, 1.807) is 35.2 Å². The Hall–Kier alpha value is -3.96. The lowest BCUT2D eigenvalue weighted by Gasteiger charge is -2.43. The molecular weight excluding hydrogens is 528 g/mol. The van der Waals surface area contributed by atoms with Crippen molar-refractivity contribution in [3.05, 3.63) is 77.5 Å². The van der Waals surface area contributed by atoms with Crippen molar-refractivity contribution in [1.82, 2.24) is 24.9 Å². The second-order valence-electron chi connectivity index (χ2n) is 11.0. The van der Waals surface area contributed by atoms with E-state index >= 15 is 8.78 Å². The number of hydrogen-bond acceptors (Lipinski definition) is 7. The van der Waals surface area contributed by atoms with Crippen LogP contribution in [0, 0.1) is 17.6 Å². The maximum Gasteiger partial charge on any atom is 0.217 e. The number of pyridine rings is 1. The number of piperidine rings is 1. The van der Waals surface area contributed by atoms with Gasteiger partial charge in [0.05, 0.1) is 35.7 Å². The molecule has 3 N–H and O–H groups in total. The number of carbonyl (C=O) groups excluding carboxylic acids is 1. The van der Waals surface area contributed by atoms with Crippen LogP contribution in [-0.2, 0) is 22.6 Å². The second kappa shape index (κ2) is 11.9. The highest BCUT2D eigenvalue weighted by Crippen LogP contribution is 2.29. The molecule has 3 aromatic heterocycles. The third kappa shape index (κ3) is 6.20. The van der Waals surface area contributed by atoms with Gasteiger partial charge in [-0.1, -0.05) is 6.92 Å². The molecule has 1 fully saturated rings. The van der Waals surface area contributed by atoms with Crippen LogP contribution >= 0.6 is 0 Å². The molecular formula is C30H35F2N7O2. The van der Waals surface area contributed by atoms with E-state index in [-0.39, 0.29) is 47.9 Å². The van der Waals surface area contributed by atoms with Gasteiger partial charge in [0.1, 0.15) is 17.5 Å². The van der Waals surface area contributed by atoms with Crippen LogP contribution in [0.1, 0.15) is 44.6 Å². The van der Waals surface area contributed by atoms with Crippen LogP contribution in [-0.4, -0.2) is 56.8 Å². The normalized spacial score (nSPS) is 19.2. The number of anilines is 1. The average Bonchev–Trinajstić information content (AvgIpc) is 3.31. The van der Waals surface area contributed by atoms with Gasteiger partial charge in [-0.2, -0.15) is 5.10 Å². The highest BCUT2D eigenvalue weighted by Gasteiger charge is 2.33. The zero-order chi connectivity index (χ0) is 29.3. The molecule has 0 spiro atoms.